The molecule has 0 radical (unpaired) electrons. The minimum absolute atomic E-state index is 0.0442. The molecule has 0 bridgehead atoms. The molecule has 1 atom stereocenters. The van der Waals surface area contributed by atoms with E-state index in [1.165, 1.54) is 5.56 Å². The number of rotatable bonds is 5. The number of hydrogen-bond donors (Lipinski definition) is 1. The molecule has 1 aromatic heterocycles. The van der Waals surface area contributed by atoms with Gasteiger partial charge in [0.05, 0.1) is 12.8 Å². The van der Waals surface area contributed by atoms with E-state index in [1.807, 2.05) is 42.5 Å². The van der Waals surface area contributed by atoms with Crippen molar-refractivity contribution in [3.8, 4) is 0 Å². The summed E-state index contributed by atoms with van der Waals surface area (Å²) in [5, 5.41) is 2.85. The van der Waals surface area contributed by atoms with Gasteiger partial charge >= 0.3 is 0 Å². The van der Waals surface area contributed by atoms with Crippen LogP contribution in [-0.4, -0.2) is 5.91 Å². The molecule has 1 amide bonds. The summed E-state index contributed by atoms with van der Waals surface area (Å²) in [4.78, 5) is 11.8. The van der Waals surface area contributed by atoms with Crippen molar-refractivity contribution in [1.82, 2.24) is 5.32 Å². The third-order valence-corrected chi connectivity index (χ3v) is 2.90. The molecule has 3 heteroatoms. The van der Waals surface area contributed by atoms with Gasteiger partial charge in [-0.05, 0) is 23.6 Å². The van der Waals surface area contributed by atoms with E-state index in [-0.39, 0.29) is 11.8 Å². The highest BCUT2D eigenvalue weighted by atomic mass is 16.3. The van der Waals surface area contributed by atoms with E-state index in [4.69, 9.17) is 4.42 Å². The first-order chi connectivity index (χ1) is 8.75. The van der Waals surface area contributed by atoms with Gasteiger partial charge in [-0.15, -0.1) is 0 Å². The molecule has 0 fully saturated rings. The number of nitrogens with one attached hydrogen (secondary N) is 1. The Bertz CT molecular complexity index is 476. The zero-order chi connectivity index (χ0) is 12.8. The smallest absolute Gasteiger partial charge is 0.220 e. The van der Waals surface area contributed by atoms with Crippen LogP contribution < -0.4 is 5.32 Å². The van der Waals surface area contributed by atoms with Crippen LogP contribution >= 0.6 is 0 Å². The Morgan fingerprint density at radius 1 is 1.22 bits per heavy atom. The first-order valence-electron chi connectivity index (χ1n) is 6.09. The molecule has 0 saturated carbocycles. The van der Waals surface area contributed by atoms with Gasteiger partial charge in [-0.3, -0.25) is 4.79 Å². The lowest BCUT2D eigenvalue weighted by atomic mass is 9.98. The van der Waals surface area contributed by atoms with E-state index in [0.717, 1.165) is 5.76 Å². The van der Waals surface area contributed by atoms with E-state index in [9.17, 15) is 4.79 Å². The van der Waals surface area contributed by atoms with Crippen LogP contribution in [0.3, 0.4) is 0 Å². The summed E-state index contributed by atoms with van der Waals surface area (Å²) in [6, 6.07) is 13.7. The second-order valence-electron chi connectivity index (χ2n) is 4.37. The molecule has 2 aromatic rings. The lowest BCUT2D eigenvalue weighted by Crippen LogP contribution is -2.23. The van der Waals surface area contributed by atoms with Crippen LogP contribution in [0.2, 0.25) is 0 Å². The third kappa shape index (κ3) is 3.48. The molecule has 0 saturated heterocycles. The maximum Gasteiger partial charge on any atom is 0.220 e. The van der Waals surface area contributed by atoms with Gasteiger partial charge < -0.3 is 9.73 Å². The summed E-state index contributed by atoms with van der Waals surface area (Å²) in [7, 11) is 0. The number of carbonyl (C=O) groups is 1. The number of furan rings is 1. The standard InChI is InChI=1S/C15H17NO2/c1-12(13-6-3-2-4-7-13)10-15(17)16-11-14-8-5-9-18-14/h2-9,12H,10-11H2,1H3,(H,16,17). The summed E-state index contributed by atoms with van der Waals surface area (Å²) in [6.07, 6.45) is 2.10. The molecule has 0 spiro atoms. The topological polar surface area (TPSA) is 42.2 Å². The average Bonchev–Trinajstić information content (AvgIpc) is 2.90. The summed E-state index contributed by atoms with van der Waals surface area (Å²) < 4.78 is 5.16. The molecule has 1 N–H and O–H groups in total. The fourth-order valence-electron chi connectivity index (χ4n) is 1.85. The predicted octanol–water partition coefficient (Wildman–Crippen LogP) is 3.09. The normalized spacial score (nSPS) is 12.1. The highest BCUT2D eigenvalue weighted by molar-refractivity contribution is 5.76. The largest absolute Gasteiger partial charge is 0.467 e. The van der Waals surface area contributed by atoms with E-state index < -0.39 is 0 Å². The molecular weight excluding hydrogens is 226 g/mol. The van der Waals surface area contributed by atoms with Gasteiger partial charge in [0.1, 0.15) is 5.76 Å². The maximum atomic E-state index is 11.8. The number of hydrogen-bond acceptors (Lipinski definition) is 2. The van der Waals surface area contributed by atoms with Crippen LogP contribution in [-0.2, 0) is 11.3 Å². The van der Waals surface area contributed by atoms with Gasteiger partial charge in [-0.2, -0.15) is 0 Å². The molecule has 2 rings (SSSR count). The molecule has 18 heavy (non-hydrogen) atoms. The third-order valence-electron chi connectivity index (χ3n) is 2.90. The fourth-order valence-corrected chi connectivity index (χ4v) is 1.85. The molecule has 3 nitrogen and oxygen atoms in total. The zero-order valence-corrected chi connectivity index (χ0v) is 10.4. The van der Waals surface area contributed by atoms with Crippen molar-refractivity contribution in [1.29, 1.82) is 0 Å². The summed E-state index contributed by atoms with van der Waals surface area (Å²) >= 11 is 0. The van der Waals surface area contributed by atoms with E-state index in [1.54, 1.807) is 6.26 Å². The van der Waals surface area contributed by atoms with Gasteiger partial charge in [-0.25, -0.2) is 0 Å². The monoisotopic (exact) mass is 243 g/mol. The Balaban J connectivity index is 1.80. The molecular formula is C15H17NO2. The number of amides is 1. The van der Waals surface area contributed by atoms with Gasteiger partial charge in [0, 0.05) is 6.42 Å². The minimum atomic E-state index is 0.0442. The molecule has 1 unspecified atom stereocenters. The molecule has 0 aliphatic heterocycles. The summed E-state index contributed by atoms with van der Waals surface area (Å²) in [5.41, 5.74) is 1.19. The molecule has 0 aliphatic carbocycles. The van der Waals surface area contributed by atoms with Crippen molar-refractivity contribution in [3.63, 3.8) is 0 Å². The van der Waals surface area contributed by atoms with E-state index in [0.29, 0.717) is 13.0 Å². The SMILES string of the molecule is CC(CC(=O)NCc1ccco1)c1ccccc1. The molecule has 94 valence electrons. The van der Waals surface area contributed by atoms with Crippen LogP contribution in [0.15, 0.2) is 53.1 Å². The Morgan fingerprint density at radius 3 is 2.67 bits per heavy atom. The Labute approximate surface area is 107 Å². The summed E-state index contributed by atoms with van der Waals surface area (Å²) in [6.45, 7) is 2.51. The molecule has 1 aromatic carbocycles. The maximum absolute atomic E-state index is 11.8. The van der Waals surface area contributed by atoms with Crippen molar-refractivity contribution >= 4 is 5.91 Å². The van der Waals surface area contributed by atoms with Crippen molar-refractivity contribution in [2.45, 2.75) is 25.8 Å². The van der Waals surface area contributed by atoms with Gasteiger partial charge in [0.2, 0.25) is 5.91 Å². The Morgan fingerprint density at radius 2 is 2.00 bits per heavy atom. The highest BCUT2D eigenvalue weighted by Crippen LogP contribution is 2.18. The van der Waals surface area contributed by atoms with Crippen molar-refractivity contribution in [3.05, 3.63) is 60.1 Å². The second kappa shape index (κ2) is 6.05. The minimum Gasteiger partial charge on any atom is -0.467 e. The molecule has 1 heterocycles. The number of benzene rings is 1. The Hall–Kier alpha value is -2.03. The predicted molar refractivity (Wildman–Crippen MR) is 70.0 cm³/mol. The first kappa shape index (κ1) is 12.4. The zero-order valence-electron chi connectivity index (χ0n) is 10.4. The first-order valence-corrected chi connectivity index (χ1v) is 6.09. The van der Waals surface area contributed by atoms with E-state index >= 15 is 0 Å². The average molecular weight is 243 g/mol. The van der Waals surface area contributed by atoms with Crippen molar-refractivity contribution in [2.24, 2.45) is 0 Å². The second-order valence-corrected chi connectivity index (χ2v) is 4.37. The van der Waals surface area contributed by atoms with Crippen molar-refractivity contribution in [2.75, 3.05) is 0 Å². The van der Waals surface area contributed by atoms with E-state index in [2.05, 4.69) is 12.2 Å². The fraction of sp³-hybridized carbons (Fsp3) is 0.267. The quantitative estimate of drug-likeness (QED) is 0.876. The van der Waals surface area contributed by atoms with Gasteiger partial charge in [0.15, 0.2) is 0 Å². The van der Waals surface area contributed by atoms with Crippen LogP contribution in [0.4, 0.5) is 0 Å². The number of carbonyl (C=O) groups excluding carboxylic acids is 1. The van der Waals surface area contributed by atoms with Gasteiger partial charge in [-0.1, -0.05) is 37.3 Å². The lowest BCUT2D eigenvalue weighted by molar-refractivity contribution is -0.121. The van der Waals surface area contributed by atoms with Crippen LogP contribution in [0.25, 0.3) is 0 Å². The van der Waals surface area contributed by atoms with Crippen LogP contribution in [0.1, 0.15) is 30.6 Å². The van der Waals surface area contributed by atoms with Crippen LogP contribution in [0.5, 0.6) is 0 Å². The summed E-state index contributed by atoms with van der Waals surface area (Å²) in [5.74, 6) is 1.04. The molecule has 0 aliphatic rings. The van der Waals surface area contributed by atoms with Gasteiger partial charge in [0.25, 0.3) is 0 Å². The lowest BCUT2D eigenvalue weighted by Gasteiger charge is -2.11. The van der Waals surface area contributed by atoms with Crippen molar-refractivity contribution < 1.29 is 9.21 Å². The highest BCUT2D eigenvalue weighted by Gasteiger charge is 2.10. The van der Waals surface area contributed by atoms with Crippen LogP contribution in [0, 0.1) is 0 Å². The Kier molecular flexibility index (Phi) is 4.18.